The first-order chi connectivity index (χ1) is 9.51. The molecule has 1 N–H and O–H groups in total. The number of aliphatic hydroxyl groups is 1. The highest BCUT2D eigenvalue weighted by molar-refractivity contribution is 9.10. The molecule has 0 fully saturated rings. The van der Waals surface area contributed by atoms with Gasteiger partial charge in [0.2, 0.25) is 0 Å². The average Bonchev–Trinajstić information content (AvgIpc) is 2.40. The van der Waals surface area contributed by atoms with Gasteiger partial charge < -0.3 is 9.84 Å². The Morgan fingerprint density at radius 1 is 1.10 bits per heavy atom. The van der Waals surface area contributed by atoms with Crippen LogP contribution in [0.5, 0.6) is 5.75 Å². The molecule has 106 valence electrons. The van der Waals surface area contributed by atoms with Crippen LogP contribution in [0.25, 0.3) is 0 Å². The molecule has 0 spiro atoms. The summed E-state index contributed by atoms with van der Waals surface area (Å²) in [4.78, 5) is 0. The van der Waals surface area contributed by atoms with E-state index in [9.17, 15) is 9.50 Å². The van der Waals surface area contributed by atoms with Crippen LogP contribution in [0.3, 0.4) is 0 Å². The van der Waals surface area contributed by atoms with Crippen molar-refractivity contribution in [3.8, 4) is 5.75 Å². The number of aryl methyl sites for hydroxylation is 1. The molecule has 0 saturated heterocycles. The van der Waals surface area contributed by atoms with Gasteiger partial charge in [0.05, 0.1) is 6.61 Å². The number of hydrogen-bond donors (Lipinski definition) is 1. The Morgan fingerprint density at radius 2 is 1.80 bits per heavy atom. The number of hydrogen-bond acceptors (Lipinski definition) is 2. The van der Waals surface area contributed by atoms with Gasteiger partial charge in [-0.05, 0) is 42.8 Å². The molecule has 0 aromatic heterocycles. The van der Waals surface area contributed by atoms with Gasteiger partial charge in [-0.15, -0.1) is 0 Å². The van der Waals surface area contributed by atoms with E-state index in [-0.39, 0.29) is 19.0 Å². The van der Waals surface area contributed by atoms with Gasteiger partial charge in [0.15, 0.2) is 0 Å². The van der Waals surface area contributed by atoms with Crippen molar-refractivity contribution in [3.63, 3.8) is 0 Å². The lowest BCUT2D eigenvalue weighted by Gasteiger charge is -2.14. The van der Waals surface area contributed by atoms with Crippen molar-refractivity contribution in [1.29, 1.82) is 0 Å². The van der Waals surface area contributed by atoms with Gasteiger partial charge in [0, 0.05) is 20.1 Å². The highest BCUT2D eigenvalue weighted by Crippen LogP contribution is 2.29. The van der Waals surface area contributed by atoms with Gasteiger partial charge in [0.1, 0.15) is 18.2 Å². The monoisotopic (exact) mass is 402 g/mol. The van der Waals surface area contributed by atoms with Crippen molar-refractivity contribution in [2.75, 3.05) is 0 Å². The summed E-state index contributed by atoms with van der Waals surface area (Å²) in [6, 6.07) is 8.40. The van der Waals surface area contributed by atoms with Crippen LogP contribution < -0.4 is 4.74 Å². The lowest BCUT2D eigenvalue weighted by Crippen LogP contribution is -2.03. The van der Waals surface area contributed by atoms with E-state index in [0.29, 0.717) is 16.9 Å². The van der Waals surface area contributed by atoms with E-state index >= 15 is 0 Å². The number of ether oxygens (including phenoxy) is 1. The summed E-state index contributed by atoms with van der Waals surface area (Å²) in [5.74, 6) is 0.281. The fraction of sp³-hybridized carbons (Fsp3) is 0.200. The summed E-state index contributed by atoms with van der Waals surface area (Å²) >= 11 is 6.68. The van der Waals surface area contributed by atoms with Crippen molar-refractivity contribution in [2.45, 2.75) is 20.1 Å². The molecule has 0 aliphatic carbocycles. The van der Waals surface area contributed by atoms with Gasteiger partial charge in [-0.25, -0.2) is 4.39 Å². The summed E-state index contributed by atoms with van der Waals surface area (Å²) in [6.45, 7) is 1.87. The third-order valence-corrected chi connectivity index (χ3v) is 3.82. The van der Waals surface area contributed by atoms with Crippen LogP contribution in [0.15, 0.2) is 39.3 Å². The molecule has 20 heavy (non-hydrogen) atoms. The third-order valence-electron chi connectivity index (χ3n) is 2.87. The van der Waals surface area contributed by atoms with Crippen LogP contribution in [0.1, 0.15) is 16.7 Å². The lowest BCUT2D eigenvalue weighted by molar-refractivity contribution is 0.256. The standard InChI is InChI=1S/C15H13Br2FO2/c1-9-4-13(17)5-10(7-19)15(9)20-8-11-6-12(16)2-3-14(11)18/h2-6,19H,7-8H2,1H3. The minimum absolute atomic E-state index is 0.112. The van der Waals surface area contributed by atoms with Crippen molar-refractivity contribution < 1.29 is 14.2 Å². The van der Waals surface area contributed by atoms with Crippen molar-refractivity contribution in [1.82, 2.24) is 0 Å². The van der Waals surface area contributed by atoms with E-state index in [1.807, 2.05) is 13.0 Å². The first-order valence-electron chi connectivity index (χ1n) is 5.98. The first-order valence-corrected chi connectivity index (χ1v) is 7.56. The average molecular weight is 404 g/mol. The molecule has 0 saturated carbocycles. The topological polar surface area (TPSA) is 29.5 Å². The number of aliphatic hydroxyl groups excluding tert-OH is 1. The van der Waals surface area contributed by atoms with Crippen LogP contribution in [0.2, 0.25) is 0 Å². The van der Waals surface area contributed by atoms with Crippen LogP contribution in [0.4, 0.5) is 4.39 Å². The Morgan fingerprint density at radius 3 is 2.50 bits per heavy atom. The van der Waals surface area contributed by atoms with E-state index in [1.165, 1.54) is 6.07 Å². The second kappa shape index (κ2) is 6.70. The summed E-state index contributed by atoms with van der Waals surface area (Å²) in [6.07, 6.45) is 0. The Labute approximate surface area is 133 Å². The van der Waals surface area contributed by atoms with Gasteiger partial charge in [-0.3, -0.25) is 0 Å². The highest BCUT2D eigenvalue weighted by Gasteiger charge is 2.10. The number of rotatable bonds is 4. The molecule has 2 aromatic carbocycles. The summed E-state index contributed by atoms with van der Waals surface area (Å²) < 4.78 is 21.0. The molecule has 5 heteroatoms. The van der Waals surface area contributed by atoms with Crippen LogP contribution in [-0.4, -0.2) is 5.11 Å². The van der Waals surface area contributed by atoms with Crippen molar-refractivity contribution >= 4 is 31.9 Å². The van der Waals surface area contributed by atoms with Gasteiger partial charge in [0.25, 0.3) is 0 Å². The lowest BCUT2D eigenvalue weighted by atomic mass is 10.1. The minimum atomic E-state index is -0.312. The fourth-order valence-corrected chi connectivity index (χ4v) is 2.96. The molecule has 0 bridgehead atoms. The highest BCUT2D eigenvalue weighted by atomic mass is 79.9. The molecule has 0 heterocycles. The Hall–Kier alpha value is -0.910. The largest absolute Gasteiger partial charge is 0.488 e. The van der Waals surface area contributed by atoms with E-state index in [4.69, 9.17) is 4.74 Å². The predicted molar refractivity (Wildman–Crippen MR) is 83.2 cm³/mol. The molecule has 0 amide bonds. The summed E-state index contributed by atoms with van der Waals surface area (Å²) in [7, 11) is 0. The molecule has 2 rings (SSSR count). The van der Waals surface area contributed by atoms with E-state index in [1.54, 1.807) is 18.2 Å². The molecule has 0 atom stereocenters. The molecule has 0 unspecified atom stereocenters. The zero-order chi connectivity index (χ0) is 14.7. The zero-order valence-electron chi connectivity index (χ0n) is 10.8. The molecular formula is C15H13Br2FO2. The maximum absolute atomic E-state index is 13.7. The zero-order valence-corrected chi connectivity index (χ0v) is 14.0. The Kier molecular flexibility index (Phi) is 5.18. The second-order valence-electron chi connectivity index (χ2n) is 4.39. The SMILES string of the molecule is Cc1cc(Br)cc(CO)c1OCc1cc(Br)ccc1F. The number of halogens is 3. The predicted octanol–water partition coefficient (Wildman–Crippen LogP) is 4.73. The van der Waals surface area contributed by atoms with Gasteiger partial charge in [-0.2, -0.15) is 0 Å². The molecule has 2 nitrogen and oxygen atoms in total. The van der Waals surface area contributed by atoms with Crippen LogP contribution in [0, 0.1) is 12.7 Å². The second-order valence-corrected chi connectivity index (χ2v) is 6.22. The van der Waals surface area contributed by atoms with E-state index in [2.05, 4.69) is 31.9 Å². The maximum Gasteiger partial charge on any atom is 0.129 e. The number of benzene rings is 2. The Balaban J connectivity index is 2.25. The van der Waals surface area contributed by atoms with Crippen molar-refractivity contribution in [3.05, 3.63) is 61.8 Å². The summed E-state index contributed by atoms with van der Waals surface area (Å²) in [5.41, 5.74) is 2.02. The Bertz CT molecular complexity index is 630. The molecule has 0 radical (unpaired) electrons. The molecular weight excluding hydrogens is 391 g/mol. The third kappa shape index (κ3) is 3.59. The minimum Gasteiger partial charge on any atom is -0.488 e. The van der Waals surface area contributed by atoms with E-state index < -0.39 is 0 Å². The normalized spacial score (nSPS) is 10.7. The fourth-order valence-electron chi connectivity index (χ4n) is 1.93. The molecule has 0 aliphatic heterocycles. The smallest absolute Gasteiger partial charge is 0.129 e. The maximum atomic E-state index is 13.7. The van der Waals surface area contributed by atoms with Gasteiger partial charge >= 0.3 is 0 Å². The summed E-state index contributed by atoms with van der Waals surface area (Å²) in [5, 5.41) is 9.38. The molecule has 2 aromatic rings. The van der Waals surface area contributed by atoms with Gasteiger partial charge in [-0.1, -0.05) is 31.9 Å². The quantitative estimate of drug-likeness (QED) is 0.799. The van der Waals surface area contributed by atoms with E-state index in [0.717, 1.165) is 14.5 Å². The van der Waals surface area contributed by atoms with Crippen LogP contribution in [-0.2, 0) is 13.2 Å². The molecule has 0 aliphatic rings. The van der Waals surface area contributed by atoms with Crippen molar-refractivity contribution in [2.24, 2.45) is 0 Å². The van der Waals surface area contributed by atoms with Crippen LogP contribution >= 0.6 is 31.9 Å². The first kappa shape index (κ1) is 15.5.